The van der Waals surface area contributed by atoms with E-state index in [4.69, 9.17) is 0 Å². The second-order valence-electron chi connectivity index (χ2n) is 4.65. The smallest absolute Gasteiger partial charge is 0.242 e. The van der Waals surface area contributed by atoms with Gasteiger partial charge in [-0.15, -0.1) is 10.2 Å². The van der Waals surface area contributed by atoms with Crippen LogP contribution in [-0.2, 0) is 16.6 Å². The summed E-state index contributed by atoms with van der Waals surface area (Å²) >= 11 is 3.05. The van der Waals surface area contributed by atoms with Gasteiger partial charge in [-0.3, -0.25) is 0 Å². The van der Waals surface area contributed by atoms with E-state index < -0.39 is 15.8 Å². The van der Waals surface area contributed by atoms with Gasteiger partial charge in [0, 0.05) is 10.5 Å². The average Bonchev–Trinajstić information content (AvgIpc) is 2.84. The van der Waals surface area contributed by atoms with Crippen LogP contribution < -0.4 is 4.72 Å². The Morgan fingerprint density at radius 1 is 1.43 bits per heavy atom. The summed E-state index contributed by atoms with van der Waals surface area (Å²) in [6, 6.07) is 3.52. The van der Waals surface area contributed by atoms with Crippen LogP contribution in [0.5, 0.6) is 0 Å². The minimum Gasteiger partial charge on any atom is -0.314 e. The van der Waals surface area contributed by atoms with Crippen LogP contribution in [0.4, 0.5) is 4.39 Å². The highest BCUT2D eigenvalue weighted by atomic mass is 79.9. The first-order valence-electron chi connectivity index (χ1n) is 6.14. The molecule has 0 saturated heterocycles. The van der Waals surface area contributed by atoms with Gasteiger partial charge in [0.15, 0.2) is 0 Å². The molecule has 2 aromatic rings. The monoisotopic (exact) mass is 376 g/mol. The van der Waals surface area contributed by atoms with Gasteiger partial charge in [0.1, 0.15) is 18.0 Å². The average molecular weight is 377 g/mol. The van der Waals surface area contributed by atoms with Crippen LogP contribution in [0.25, 0.3) is 0 Å². The van der Waals surface area contributed by atoms with Gasteiger partial charge in [0.25, 0.3) is 0 Å². The molecule has 0 saturated carbocycles. The molecule has 0 amide bonds. The van der Waals surface area contributed by atoms with Crippen LogP contribution in [-0.4, -0.2) is 23.2 Å². The van der Waals surface area contributed by atoms with Gasteiger partial charge in [-0.1, -0.05) is 0 Å². The molecule has 114 valence electrons. The molecule has 1 aromatic carbocycles. The molecule has 2 rings (SSSR count). The molecule has 0 bridgehead atoms. The quantitative estimate of drug-likeness (QED) is 0.867. The molecule has 0 aliphatic carbocycles. The normalized spacial score (nSPS) is 12.0. The van der Waals surface area contributed by atoms with E-state index in [1.807, 2.05) is 13.8 Å². The van der Waals surface area contributed by atoms with E-state index in [9.17, 15) is 12.8 Å². The zero-order chi connectivity index (χ0) is 15.6. The second kappa shape index (κ2) is 6.20. The highest BCUT2D eigenvalue weighted by molar-refractivity contribution is 9.10. The summed E-state index contributed by atoms with van der Waals surface area (Å²) in [4.78, 5) is -0.0282. The molecule has 0 aliphatic heterocycles. The Morgan fingerprint density at radius 2 is 2.14 bits per heavy atom. The Morgan fingerprint density at radius 3 is 2.76 bits per heavy atom. The molecule has 0 aliphatic rings. The summed E-state index contributed by atoms with van der Waals surface area (Å²) in [6.07, 6.45) is 1.54. The highest BCUT2D eigenvalue weighted by Crippen LogP contribution is 2.22. The second-order valence-corrected chi connectivity index (χ2v) is 7.24. The summed E-state index contributed by atoms with van der Waals surface area (Å²) in [5, 5.41) is 7.65. The molecule has 0 unspecified atom stereocenters. The third-order valence-corrected chi connectivity index (χ3v) is 5.19. The van der Waals surface area contributed by atoms with Crippen molar-refractivity contribution in [2.75, 3.05) is 0 Å². The summed E-state index contributed by atoms with van der Waals surface area (Å²) in [5.74, 6) is -0.00724. The maximum atomic E-state index is 13.0. The summed E-state index contributed by atoms with van der Waals surface area (Å²) in [6.45, 7) is 3.89. The Labute approximate surface area is 130 Å². The number of aromatic nitrogens is 3. The molecule has 0 spiro atoms. The van der Waals surface area contributed by atoms with Crippen LogP contribution in [0, 0.1) is 5.82 Å². The summed E-state index contributed by atoms with van der Waals surface area (Å²) in [7, 11) is -3.77. The maximum absolute atomic E-state index is 13.0. The summed E-state index contributed by atoms with van der Waals surface area (Å²) in [5.41, 5.74) is 0. The predicted octanol–water partition coefficient (Wildman–Crippen LogP) is 2.24. The van der Waals surface area contributed by atoms with Crippen LogP contribution in [0.3, 0.4) is 0 Å². The number of nitrogens with zero attached hydrogens (tertiary/aromatic N) is 3. The van der Waals surface area contributed by atoms with E-state index in [0.717, 1.165) is 12.1 Å². The number of benzene rings is 1. The van der Waals surface area contributed by atoms with E-state index in [-0.39, 0.29) is 22.0 Å². The first-order valence-corrected chi connectivity index (χ1v) is 8.42. The van der Waals surface area contributed by atoms with E-state index in [1.54, 1.807) is 10.9 Å². The number of halogens is 2. The first-order chi connectivity index (χ1) is 9.81. The van der Waals surface area contributed by atoms with Crippen LogP contribution in [0.2, 0.25) is 0 Å². The topological polar surface area (TPSA) is 76.9 Å². The van der Waals surface area contributed by atoms with E-state index in [0.29, 0.717) is 5.82 Å². The third-order valence-electron chi connectivity index (χ3n) is 2.81. The number of sulfonamides is 1. The van der Waals surface area contributed by atoms with Crippen molar-refractivity contribution in [3.8, 4) is 0 Å². The van der Waals surface area contributed by atoms with Crippen molar-refractivity contribution in [3.05, 3.63) is 40.6 Å². The molecule has 0 fully saturated rings. The largest absolute Gasteiger partial charge is 0.314 e. The molecular weight excluding hydrogens is 363 g/mol. The van der Waals surface area contributed by atoms with E-state index in [1.165, 1.54) is 6.07 Å². The zero-order valence-corrected chi connectivity index (χ0v) is 13.8. The number of hydrogen-bond acceptors (Lipinski definition) is 4. The van der Waals surface area contributed by atoms with Crippen molar-refractivity contribution in [1.82, 2.24) is 19.5 Å². The highest BCUT2D eigenvalue weighted by Gasteiger charge is 2.19. The molecular formula is C12H14BrFN4O2S. The standard InChI is InChI=1S/C12H14BrFN4O2S/c1-8(2)18-7-15-17-12(18)6-16-21(19,20)11-4-3-9(14)5-10(11)13/h3-5,7-8,16H,6H2,1-2H3. The number of nitrogens with one attached hydrogen (secondary N) is 1. The van der Waals surface area contributed by atoms with Crippen molar-refractivity contribution in [2.45, 2.75) is 31.3 Å². The van der Waals surface area contributed by atoms with Gasteiger partial charge in [0.05, 0.1) is 11.4 Å². The summed E-state index contributed by atoms with van der Waals surface area (Å²) < 4.78 is 41.8. The Balaban J connectivity index is 2.20. The van der Waals surface area contributed by atoms with Crippen LogP contribution in [0.1, 0.15) is 25.7 Å². The van der Waals surface area contributed by atoms with Crippen molar-refractivity contribution >= 4 is 26.0 Å². The van der Waals surface area contributed by atoms with Gasteiger partial charge < -0.3 is 4.57 Å². The predicted molar refractivity (Wildman–Crippen MR) is 78.5 cm³/mol. The molecule has 21 heavy (non-hydrogen) atoms. The molecule has 1 aromatic heterocycles. The third kappa shape index (κ3) is 3.66. The lowest BCUT2D eigenvalue weighted by atomic mass is 10.3. The number of rotatable bonds is 5. The zero-order valence-electron chi connectivity index (χ0n) is 11.4. The Hall–Kier alpha value is -1.32. The van der Waals surface area contributed by atoms with Gasteiger partial charge in [-0.05, 0) is 48.0 Å². The lowest BCUT2D eigenvalue weighted by Gasteiger charge is -2.11. The van der Waals surface area contributed by atoms with E-state index >= 15 is 0 Å². The van der Waals surface area contributed by atoms with Crippen molar-refractivity contribution in [1.29, 1.82) is 0 Å². The molecule has 0 atom stereocenters. The fourth-order valence-corrected chi connectivity index (χ4v) is 3.78. The molecule has 0 radical (unpaired) electrons. The molecule has 6 nitrogen and oxygen atoms in total. The molecule has 1 N–H and O–H groups in total. The molecule has 9 heteroatoms. The lowest BCUT2D eigenvalue weighted by Crippen LogP contribution is -2.25. The van der Waals surface area contributed by atoms with Crippen molar-refractivity contribution in [2.24, 2.45) is 0 Å². The number of hydrogen-bond donors (Lipinski definition) is 1. The fourth-order valence-electron chi connectivity index (χ4n) is 1.75. The lowest BCUT2D eigenvalue weighted by molar-refractivity contribution is 0.549. The van der Waals surface area contributed by atoms with Crippen LogP contribution in [0.15, 0.2) is 33.9 Å². The SMILES string of the molecule is CC(C)n1cnnc1CNS(=O)(=O)c1ccc(F)cc1Br. The van der Waals surface area contributed by atoms with Gasteiger partial charge in [-0.2, -0.15) is 0 Å². The van der Waals surface area contributed by atoms with Crippen LogP contribution >= 0.6 is 15.9 Å². The van der Waals surface area contributed by atoms with Gasteiger partial charge in [-0.25, -0.2) is 17.5 Å². The van der Waals surface area contributed by atoms with Crippen molar-refractivity contribution in [3.63, 3.8) is 0 Å². The van der Waals surface area contributed by atoms with E-state index in [2.05, 4.69) is 30.8 Å². The van der Waals surface area contributed by atoms with Gasteiger partial charge in [0.2, 0.25) is 10.0 Å². The Bertz CT molecular complexity index is 745. The Kier molecular flexibility index (Phi) is 4.74. The fraction of sp³-hybridized carbons (Fsp3) is 0.333. The first kappa shape index (κ1) is 16.1. The maximum Gasteiger partial charge on any atom is 0.242 e. The minimum absolute atomic E-state index is 0.00430. The van der Waals surface area contributed by atoms with Crippen molar-refractivity contribution < 1.29 is 12.8 Å². The minimum atomic E-state index is -3.77. The molecule has 1 heterocycles. The van der Waals surface area contributed by atoms with Gasteiger partial charge >= 0.3 is 0 Å².